The lowest BCUT2D eigenvalue weighted by Gasteiger charge is -2.43. The molecule has 1 atom stereocenters. The van der Waals surface area contributed by atoms with Gasteiger partial charge in [0.05, 0.1) is 6.54 Å². The van der Waals surface area contributed by atoms with Crippen LogP contribution >= 0.6 is 0 Å². The van der Waals surface area contributed by atoms with E-state index in [1.54, 1.807) is 4.90 Å². The van der Waals surface area contributed by atoms with Crippen molar-refractivity contribution in [3.05, 3.63) is 0 Å². The largest absolute Gasteiger partial charge is 0.340 e. The van der Waals surface area contributed by atoms with Crippen LogP contribution in [0.2, 0.25) is 0 Å². The van der Waals surface area contributed by atoms with Gasteiger partial charge in [-0.2, -0.15) is 0 Å². The van der Waals surface area contributed by atoms with E-state index < -0.39 is 5.54 Å². The summed E-state index contributed by atoms with van der Waals surface area (Å²) in [5, 5.41) is 2.89. The van der Waals surface area contributed by atoms with Gasteiger partial charge in [-0.1, -0.05) is 13.8 Å². The molecule has 1 aliphatic carbocycles. The molecule has 2 rings (SSSR count). The van der Waals surface area contributed by atoms with Crippen molar-refractivity contribution < 1.29 is 9.59 Å². The third-order valence-electron chi connectivity index (χ3n) is 4.37. The van der Waals surface area contributed by atoms with E-state index in [1.807, 2.05) is 13.8 Å². The Balaban J connectivity index is 2.21. The van der Waals surface area contributed by atoms with Crippen LogP contribution in [0.4, 0.5) is 0 Å². The summed E-state index contributed by atoms with van der Waals surface area (Å²) in [6.45, 7) is 6.24. The summed E-state index contributed by atoms with van der Waals surface area (Å²) in [6, 6.07) is 0.214. The van der Waals surface area contributed by atoms with Crippen molar-refractivity contribution in [3.63, 3.8) is 0 Å². The normalized spacial score (nSPS) is 25.7. The summed E-state index contributed by atoms with van der Waals surface area (Å²) in [4.78, 5) is 26.1. The fraction of sp³-hybridized carbons (Fsp3) is 0.846. The van der Waals surface area contributed by atoms with Crippen molar-refractivity contribution >= 4 is 11.8 Å². The van der Waals surface area contributed by atoms with Gasteiger partial charge < -0.3 is 10.2 Å². The molecule has 96 valence electrons. The highest BCUT2D eigenvalue weighted by atomic mass is 16.2. The van der Waals surface area contributed by atoms with Crippen LogP contribution in [0.1, 0.15) is 46.5 Å². The molecule has 0 aromatic heterocycles. The van der Waals surface area contributed by atoms with Gasteiger partial charge in [0, 0.05) is 6.04 Å². The minimum absolute atomic E-state index is 0.0131. The maximum Gasteiger partial charge on any atom is 0.249 e. The minimum Gasteiger partial charge on any atom is -0.340 e. The summed E-state index contributed by atoms with van der Waals surface area (Å²) in [6.07, 6.45) is 3.72. The van der Waals surface area contributed by atoms with Crippen LogP contribution in [0.25, 0.3) is 0 Å². The number of nitrogens with one attached hydrogen (secondary N) is 1. The van der Waals surface area contributed by atoms with Crippen molar-refractivity contribution in [2.75, 3.05) is 6.54 Å². The molecule has 0 bridgehead atoms. The molecule has 2 amide bonds. The highest BCUT2D eigenvalue weighted by Crippen LogP contribution is 2.37. The van der Waals surface area contributed by atoms with Gasteiger partial charge in [-0.25, -0.2) is 0 Å². The zero-order valence-electron chi connectivity index (χ0n) is 11.0. The molecule has 2 fully saturated rings. The molecule has 17 heavy (non-hydrogen) atoms. The lowest BCUT2D eigenvalue weighted by Crippen LogP contribution is -2.67. The quantitative estimate of drug-likeness (QED) is 0.802. The number of hydrogen-bond donors (Lipinski definition) is 1. The Bertz CT molecular complexity index is 332. The van der Waals surface area contributed by atoms with Gasteiger partial charge in [0.15, 0.2) is 0 Å². The third kappa shape index (κ3) is 2.05. The van der Waals surface area contributed by atoms with Gasteiger partial charge >= 0.3 is 0 Å². The van der Waals surface area contributed by atoms with E-state index in [-0.39, 0.29) is 24.4 Å². The molecule has 0 aromatic carbocycles. The van der Waals surface area contributed by atoms with E-state index in [2.05, 4.69) is 12.2 Å². The van der Waals surface area contributed by atoms with Gasteiger partial charge in [-0.05, 0) is 38.5 Å². The summed E-state index contributed by atoms with van der Waals surface area (Å²) < 4.78 is 0. The fourth-order valence-electron chi connectivity index (χ4n) is 2.75. The first-order chi connectivity index (χ1) is 8.04. The second-order valence-electron chi connectivity index (χ2n) is 5.35. The summed E-state index contributed by atoms with van der Waals surface area (Å²) in [7, 11) is 0. The minimum atomic E-state index is -0.654. The van der Waals surface area contributed by atoms with Crippen LogP contribution in [-0.2, 0) is 9.59 Å². The van der Waals surface area contributed by atoms with E-state index in [4.69, 9.17) is 0 Å². The average Bonchev–Trinajstić information content (AvgIpc) is 3.15. The standard InChI is InChI=1S/C13H22N2O2/c1-4-13(5-2)12(17)15(8-11(16)14-13)9(3)10-6-7-10/h9-10H,4-8H2,1-3H3,(H,14,16). The monoisotopic (exact) mass is 238 g/mol. The van der Waals surface area contributed by atoms with Crippen LogP contribution in [0.5, 0.6) is 0 Å². The number of carbonyl (C=O) groups excluding carboxylic acids is 2. The van der Waals surface area contributed by atoms with E-state index in [1.165, 1.54) is 12.8 Å². The number of rotatable bonds is 4. The van der Waals surface area contributed by atoms with Gasteiger partial charge in [-0.3, -0.25) is 9.59 Å². The molecule has 0 aromatic rings. The zero-order chi connectivity index (χ0) is 12.6. The van der Waals surface area contributed by atoms with Crippen molar-refractivity contribution in [3.8, 4) is 0 Å². The molecular weight excluding hydrogens is 216 g/mol. The predicted octanol–water partition coefficient (Wildman–Crippen LogP) is 1.30. The van der Waals surface area contributed by atoms with Crippen LogP contribution in [0, 0.1) is 5.92 Å². The van der Waals surface area contributed by atoms with Crippen molar-refractivity contribution in [2.45, 2.75) is 58.0 Å². The van der Waals surface area contributed by atoms with E-state index in [0.29, 0.717) is 18.8 Å². The Morgan fingerprint density at radius 2 is 1.94 bits per heavy atom. The molecule has 1 saturated carbocycles. The smallest absolute Gasteiger partial charge is 0.249 e. The number of carbonyl (C=O) groups is 2. The molecule has 4 nitrogen and oxygen atoms in total. The van der Waals surface area contributed by atoms with Gasteiger partial charge in [-0.15, -0.1) is 0 Å². The number of piperazine rings is 1. The maximum absolute atomic E-state index is 12.5. The number of nitrogens with zero attached hydrogens (tertiary/aromatic N) is 1. The molecule has 0 spiro atoms. The first kappa shape index (κ1) is 12.4. The van der Waals surface area contributed by atoms with Crippen LogP contribution < -0.4 is 5.32 Å². The first-order valence-electron chi connectivity index (χ1n) is 6.66. The molecule has 4 heteroatoms. The molecule has 1 N–H and O–H groups in total. The average molecular weight is 238 g/mol. The summed E-state index contributed by atoms with van der Waals surface area (Å²) >= 11 is 0. The third-order valence-corrected chi connectivity index (χ3v) is 4.37. The van der Waals surface area contributed by atoms with Crippen LogP contribution in [-0.4, -0.2) is 34.8 Å². The highest BCUT2D eigenvalue weighted by Gasteiger charge is 2.47. The second kappa shape index (κ2) is 4.31. The van der Waals surface area contributed by atoms with Crippen molar-refractivity contribution in [1.29, 1.82) is 0 Å². The van der Waals surface area contributed by atoms with Gasteiger partial charge in [0.1, 0.15) is 5.54 Å². The zero-order valence-corrected chi connectivity index (χ0v) is 11.0. The Kier molecular flexibility index (Phi) is 3.15. The Hall–Kier alpha value is -1.06. The Morgan fingerprint density at radius 3 is 2.41 bits per heavy atom. The van der Waals surface area contributed by atoms with Crippen LogP contribution in [0.15, 0.2) is 0 Å². The van der Waals surface area contributed by atoms with E-state index in [9.17, 15) is 9.59 Å². The molecule has 1 heterocycles. The second-order valence-corrected chi connectivity index (χ2v) is 5.35. The molecule has 1 aliphatic heterocycles. The molecule has 1 unspecified atom stereocenters. The van der Waals surface area contributed by atoms with Gasteiger partial charge in [0.25, 0.3) is 0 Å². The molecule has 0 radical (unpaired) electrons. The van der Waals surface area contributed by atoms with Crippen molar-refractivity contribution in [1.82, 2.24) is 10.2 Å². The Morgan fingerprint density at radius 1 is 1.35 bits per heavy atom. The summed E-state index contributed by atoms with van der Waals surface area (Å²) in [5.41, 5.74) is -0.654. The predicted molar refractivity (Wildman–Crippen MR) is 65.4 cm³/mol. The summed E-state index contributed by atoms with van der Waals surface area (Å²) in [5.74, 6) is 0.707. The number of hydrogen-bond acceptors (Lipinski definition) is 2. The van der Waals surface area contributed by atoms with Crippen LogP contribution in [0.3, 0.4) is 0 Å². The Labute approximate surface area is 103 Å². The van der Waals surface area contributed by atoms with E-state index in [0.717, 1.165) is 0 Å². The highest BCUT2D eigenvalue weighted by molar-refractivity contribution is 5.98. The van der Waals surface area contributed by atoms with E-state index >= 15 is 0 Å². The maximum atomic E-state index is 12.5. The molecule has 1 saturated heterocycles. The molecule has 2 aliphatic rings. The number of amides is 2. The SMILES string of the molecule is CCC1(CC)NC(=O)CN(C(C)C2CC2)C1=O. The lowest BCUT2D eigenvalue weighted by molar-refractivity contribution is -0.153. The fourth-order valence-corrected chi connectivity index (χ4v) is 2.75. The first-order valence-corrected chi connectivity index (χ1v) is 6.66. The topological polar surface area (TPSA) is 49.4 Å². The molecular formula is C13H22N2O2. The lowest BCUT2D eigenvalue weighted by atomic mass is 9.88. The van der Waals surface area contributed by atoms with Gasteiger partial charge in [0.2, 0.25) is 11.8 Å². The van der Waals surface area contributed by atoms with Crippen molar-refractivity contribution in [2.24, 2.45) is 5.92 Å².